The number of para-hydroxylation sites is 1. The van der Waals surface area contributed by atoms with Crippen molar-refractivity contribution in [3.63, 3.8) is 0 Å². The first-order chi connectivity index (χ1) is 15.3. The number of aromatic nitrogens is 1. The Hall–Kier alpha value is -3.90. The van der Waals surface area contributed by atoms with Crippen LogP contribution < -0.4 is 15.4 Å². The molecule has 1 N–H and O–H groups in total. The average molecular weight is 422 g/mol. The van der Waals surface area contributed by atoms with Crippen LogP contribution >= 0.6 is 11.3 Å². The number of hydrogen-bond acceptors (Lipinski definition) is 6. The highest BCUT2D eigenvalue weighted by Crippen LogP contribution is 2.30. The van der Waals surface area contributed by atoms with Crippen molar-refractivity contribution in [2.45, 2.75) is 0 Å². The van der Waals surface area contributed by atoms with Gasteiger partial charge in [0.25, 0.3) is 0 Å². The maximum atomic E-state index is 4.93. The van der Waals surface area contributed by atoms with Gasteiger partial charge in [-0.2, -0.15) is 5.10 Å². The molecular formula is C25H19N5S. The van der Waals surface area contributed by atoms with Crippen molar-refractivity contribution in [1.29, 1.82) is 0 Å². The molecule has 0 atom stereocenters. The fraction of sp³-hybridized carbons (Fsp3) is 0.0400. The summed E-state index contributed by atoms with van der Waals surface area (Å²) in [5.74, 6) is 0.791. The minimum atomic E-state index is 0.550. The van der Waals surface area contributed by atoms with E-state index in [1.807, 2.05) is 41.4 Å². The molecule has 6 heteroatoms. The molecule has 0 radical (unpaired) electrons. The van der Waals surface area contributed by atoms with Gasteiger partial charge < -0.3 is 0 Å². The topological polar surface area (TPSA) is 43.8 Å². The lowest BCUT2D eigenvalue weighted by atomic mass is 10.1. The molecule has 1 aliphatic heterocycles. The first-order valence-electron chi connectivity index (χ1n) is 10.1. The zero-order chi connectivity index (χ0) is 20.6. The third kappa shape index (κ3) is 3.37. The highest BCUT2D eigenvalue weighted by atomic mass is 32.1. The first-order valence-corrected chi connectivity index (χ1v) is 11.0. The van der Waals surface area contributed by atoms with Gasteiger partial charge in [-0.05, 0) is 35.0 Å². The second-order valence-electron chi connectivity index (χ2n) is 7.39. The van der Waals surface area contributed by atoms with Crippen molar-refractivity contribution in [3.8, 4) is 0 Å². The third-order valence-electron chi connectivity index (χ3n) is 5.33. The van der Waals surface area contributed by atoms with Crippen molar-refractivity contribution >= 4 is 49.0 Å². The first kappa shape index (κ1) is 17.9. The van der Waals surface area contributed by atoms with Crippen LogP contribution in [-0.4, -0.2) is 17.5 Å². The van der Waals surface area contributed by atoms with Crippen molar-refractivity contribution in [3.05, 3.63) is 103 Å². The van der Waals surface area contributed by atoms with Crippen LogP contribution in [0.15, 0.2) is 102 Å². The van der Waals surface area contributed by atoms with E-state index in [2.05, 4.69) is 71.1 Å². The summed E-state index contributed by atoms with van der Waals surface area (Å²) >= 11 is 1.67. The molecule has 0 amide bonds. The average Bonchev–Trinajstić information content (AvgIpc) is 3.28. The fourth-order valence-corrected chi connectivity index (χ4v) is 4.67. The molecular weight excluding hydrogens is 402 g/mol. The SMILES string of the molecule is c1ccc(C2=NN(c3ccc4ccccc4c3)CN(c3nc4ccccc4s3)N2)cc1. The molecule has 2 heterocycles. The number of hydrogen-bond donors (Lipinski definition) is 1. The Kier molecular flexibility index (Phi) is 4.28. The monoisotopic (exact) mass is 421 g/mol. The van der Waals surface area contributed by atoms with Crippen LogP contribution in [-0.2, 0) is 0 Å². The van der Waals surface area contributed by atoms with Crippen LogP contribution in [0.3, 0.4) is 0 Å². The van der Waals surface area contributed by atoms with Crippen LogP contribution in [0.1, 0.15) is 5.56 Å². The summed E-state index contributed by atoms with van der Waals surface area (Å²) < 4.78 is 1.17. The van der Waals surface area contributed by atoms with Crippen molar-refractivity contribution in [2.24, 2.45) is 5.10 Å². The molecule has 0 spiro atoms. The van der Waals surface area contributed by atoms with Gasteiger partial charge in [0.1, 0.15) is 6.67 Å². The number of hydrazine groups is 1. The molecule has 0 saturated heterocycles. The normalized spacial score (nSPS) is 14.0. The number of amidine groups is 1. The molecule has 0 fully saturated rings. The number of thiazole rings is 1. The molecule has 1 aromatic heterocycles. The van der Waals surface area contributed by atoms with E-state index in [9.17, 15) is 0 Å². The molecule has 0 saturated carbocycles. The number of benzene rings is 4. The van der Waals surface area contributed by atoms with Crippen molar-refractivity contribution in [1.82, 2.24) is 10.4 Å². The van der Waals surface area contributed by atoms with E-state index >= 15 is 0 Å². The molecule has 6 rings (SSSR count). The standard InChI is InChI=1S/C25H19N5S/c1-2-9-19(10-3-1)24-27-29(21-15-14-18-8-4-5-11-20(18)16-21)17-30(28-24)25-26-22-12-6-7-13-23(22)31-25/h1-16H,17H2,(H,27,28). The third-order valence-corrected chi connectivity index (χ3v) is 6.39. The van der Waals surface area contributed by atoms with Gasteiger partial charge in [0.05, 0.1) is 15.9 Å². The van der Waals surface area contributed by atoms with E-state index in [0.29, 0.717) is 6.67 Å². The zero-order valence-electron chi connectivity index (χ0n) is 16.6. The van der Waals surface area contributed by atoms with Gasteiger partial charge in [-0.25, -0.2) is 15.0 Å². The molecule has 5 aromatic rings. The fourth-order valence-electron chi connectivity index (χ4n) is 3.75. The highest BCUT2D eigenvalue weighted by Gasteiger charge is 2.24. The molecule has 0 aliphatic carbocycles. The van der Waals surface area contributed by atoms with Gasteiger partial charge in [0, 0.05) is 5.56 Å². The molecule has 0 bridgehead atoms. The van der Waals surface area contributed by atoms with Gasteiger partial charge in [0.15, 0.2) is 5.84 Å². The number of nitrogens with one attached hydrogen (secondary N) is 1. The van der Waals surface area contributed by atoms with Gasteiger partial charge in [-0.15, -0.1) is 0 Å². The number of anilines is 2. The maximum Gasteiger partial charge on any atom is 0.207 e. The largest absolute Gasteiger partial charge is 0.276 e. The summed E-state index contributed by atoms with van der Waals surface area (Å²) in [7, 11) is 0. The Labute approximate surface area is 183 Å². The second-order valence-corrected chi connectivity index (χ2v) is 8.40. The maximum absolute atomic E-state index is 4.93. The molecule has 1 aliphatic rings. The van der Waals surface area contributed by atoms with Crippen LogP contribution in [0.5, 0.6) is 0 Å². The lowest BCUT2D eigenvalue weighted by molar-refractivity contribution is 0.677. The van der Waals surface area contributed by atoms with Crippen LogP contribution in [0.25, 0.3) is 21.0 Å². The zero-order valence-corrected chi connectivity index (χ0v) is 17.5. The molecule has 0 unspecified atom stereocenters. The Bertz CT molecular complexity index is 1380. The van der Waals surface area contributed by atoms with Crippen molar-refractivity contribution < 1.29 is 0 Å². The summed E-state index contributed by atoms with van der Waals surface area (Å²) in [5.41, 5.74) is 6.55. The predicted molar refractivity (Wildman–Crippen MR) is 130 cm³/mol. The lowest BCUT2D eigenvalue weighted by Crippen LogP contribution is -2.53. The van der Waals surface area contributed by atoms with Crippen LogP contribution in [0.4, 0.5) is 10.8 Å². The Balaban J connectivity index is 1.43. The number of hydrazone groups is 1. The lowest BCUT2D eigenvalue weighted by Gasteiger charge is -2.35. The summed E-state index contributed by atoms with van der Waals surface area (Å²) in [5, 5.41) is 12.3. The smallest absolute Gasteiger partial charge is 0.207 e. The Morgan fingerprint density at radius 1 is 0.774 bits per heavy atom. The van der Waals surface area contributed by atoms with E-state index in [1.165, 1.54) is 15.5 Å². The minimum absolute atomic E-state index is 0.550. The Morgan fingerprint density at radius 2 is 1.55 bits per heavy atom. The minimum Gasteiger partial charge on any atom is -0.276 e. The number of rotatable bonds is 3. The van der Waals surface area contributed by atoms with Gasteiger partial charge in [-0.3, -0.25) is 5.43 Å². The van der Waals surface area contributed by atoms with Gasteiger partial charge in [0.2, 0.25) is 5.13 Å². The van der Waals surface area contributed by atoms with E-state index in [-0.39, 0.29) is 0 Å². The predicted octanol–water partition coefficient (Wildman–Crippen LogP) is 5.60. The summed E-state index contributed by atoms with van der Waals surface area (Å²) in [6.07, 6.45) is 0. The van der Waals surface area contributed by atoms with Crippen LogP contribution in [0.2, 0.25) is 0 Å². The molecule has 4 aromatic carbocycles. The second kappa shape index (κ2) is 7.41. The van der Waals surface area contributed by atoms with E-state index in [0.717, 1.165) is 27.7 Å². The molecule has 5 nitrogen and oxygen atoms in total. The molecule has 31 heavy (non-hydrogen) atoms. The van der Waals surface area contributed by atoms with E-state index < -0.39 is 0 Å². The van der Waals surface area contributed by atoms with Crippen molar-refractivity contribution in [2.75, 3.05) is 16.7 Å². The summed E-state index contributed by atoms with van der Waals surface area (Å²) in [4.78, 5) is 4.84. The van der Waals surface area contributed by atoms with Gasteiger partial charge in [-0.1, -0.05) is 84.1 Å². The van der Waals surface area contributed by atoms with E-state index in [1.54, 1.807) is 11.3 Å². The Morgan fingerprint density at radius 3 is 2.42 bits per heavy atom. The highest BCUT2D eigenvalue weighted by molar-refractivity contribution is 7.22. The van der Waals surface area contributed by atoms with E-state index in [4.69, 9.17) is 10.1 Å². The summed E-state index contributed by atoms with van der Waals surface area (Å²) in [6.45, 7) is 0.550. The summed E-state index contributed by atoms with van der Waals surface area (Å²) in [6, 6.07) is 33.2. The quantitative estimate of drug-likeness (QED) is 0.412. The van der Waals surface area contributed by atoms with Gasteiger partial charge >= 0.3 is 0 Å². The van der Waals surface area contributed by atoms with Crippen LogP contribution in [0, 0.1) is 0 Å². The number of fused-ring (bicyclic) bond motifs is 2. The number of nitrogens with zero attached hydrogens (tertiary/aromatic N) is 4. The molecule has 150 valence electrons.